The van der Waals surface area contributed by atoms with Crippen molar-refractivity contribution in [3.8, 4) is 0 Å². The maximum absolute atomic E-state index is 13.3. The number of halogens is 2. The van der Waals surface area contributed by atoms with Gasteiger partial charge in [0.2, 0.25) is 0 Å². The van der Waals surface area contributed by atoms with E-state index in [1.54, 1.807) is 0 Å². The zero-order valence-electron chi connectivity index (χ0n) is 11.1. The highest BCUT2D eigenvalue weighted by Crippen LogP contribution is 2.12. The predicted octanol–water partition coefficient (Wildman–Crippen LogP) is 3.95. The minimum atomic E-state index is -0.907. The van der Waals surface area contributed by atoms with Crippen molar-refractivity contribution in [2.75, 3.05) is 0 Å². The minimum absolute atomic E-state index is 0.122. The molecule has 0 aliphatic heterocycles. The summed E-state index contributed by atoms with van der Waals surface area (Å²) >= 11 is 0. The summed E-state index contributed by atoms with van der Waals surface area (Å²) in [6.45, 7) is 1.94. The number of rotatable bonds is 5. The van der Waals surface area contributed by atoms with Crippen LogP contribution < -0.4 is 0 Å². The van der Waals surface area contributed by atoms with E-state index < -0.39 is 11.6 Å². The van der Waals surface area contributed by atoms with Gasteiger partial charge in [-0.3, -0.25) is 0 Å². The lowest BCUT2D eigenvalue weighted by Gasteiger charge is -2.02. The standard InChI is InChI=1S/C16H14F2NO/c1-2-12-6-8-13(9-7-12)10-19-20-11-14-4-3-5-15(17)16(14)18/h3-9H,2,11H2,1H3. The smallest absolute Gasteiger partial charge is 0.165 e. The summed E-state index contributed by atoms with van der Waals surface area (Å²) in [5.74, 6) is -1.80. The van der Waals surface area contributed by atoms with Crippen LogP contribution >= 0.6 is 0 Å². The highest BCUT2D eigenvalue weighted by molar-refractivity contribution is 5.79. The van der Waals surface area contributed by atoms with Crippen LogP contribution in [0.4, 0.5) is 8.78 Å². The molecular formula is C16H14F2NO. The first-order chi connectivity index (χ1) is 9.70. The molecule has 0 aliphatic rings. The van der Waals surface area contributed by atoms with Gasteiger partial charge in [-0.25, -0.2) is 8.78 Å². The molecule has 0 heterocycles. The average Bonchev–Trinajstić information content (AvgIpc) is 2.48. The minimum Gasteiger partial charge on any atom is -0.390 e. The van der Waals surface area contributed by atoms with Crippen LogP contribution in [0.25, 0.3) is 0 Å². The summed E-state index contributed by atoms with van der Waals surface area (Å²) in [6, 6.07) is 11.6. The Bertz CT molecular complexity index is 594. The van der Waals surface area contributed by atoms with Crippen LogP contribution in [0.2, 0.25) is 0 Å². The quantitative estimate of drug-likeness (QED) is 0.597. The van der Waals surface area contributed by atoms with Crippen molar-refractivity contribution in [3.63, 3.8) is 0 Å². The van der Waals surface area contributed by atoms with Gasteiger partial charge in [0.25, 0.3) is 0 Å². The van der Waals surface area contributed by atoms with Crippen molar-refractivity contribution in [1.29, 1.82) is 0 Å². The van der Waals surface area contributed by atoms with Crippen LogP contribution in [0, 0.1) is 11.6 Å². The van der Waals surface area contributed by atoms with Gasteiger partial charge in [0.15, 0.2) is 11.6 Å². The van der Waals surface area contributed by atoms with Gasteiger partial charge in [-0.2, -0.15) is 0 Å². The van der Waals surface area contributed by atoms with E-state index in [0.717, 1.165) is 18.1 Å². The molecule has 1 radical (unpaired) electrons. The van der Waals surface area contributed by atoms with E-state index in [0.29, 0.717) is 0 Å². The zero-order chi connectivity index (χ0) is 14.4. The Morgan fingerprint density at radius 3 is 2.55 bits per heavy atom. The fourth-order valence-electron chi connectivity index (χ4n) is 1.66. The van der Waals surface area contributed by atoms with E-state index in [-0.39, 0.29) is 12.2 Å². The molecule has 4 heteroatoms. The molecule has 0 saturated heterocycles. The Morgan fingerprint density at radius 1 is 1.10 bits per heavy atom. The highest BCUT2D eigenvalue weighted by atomic mass is 19.2. The molecular weight excluding hydrogens is 260 g/mol. The summed E-state index contributed by atoms with van der Waals surface area (Å²) < 4.78 is 26.3. The van der Waals surface area contributed by atoms with Crippen LogP contribution in [0.15, 0.2) is 47.6 Å². The first-order valence-electron chi connectivity index (χ1n) is 6.30. The van der Waals surface area contributed by atoms with Gasteiger partial charge < -0.3 is 4.84 Å². The molecule has 0 aromatic heterocycles. The Morgan fingerprint density at radius 2 is 1.85 bits per heavy atom. The second-order valence-corrected chi connectivity index (χ2v) is 4.24. The Hall–Kier alpha value is -2.23. The molecule has 0 atom stereocenters. The molecule has 2 nitrogen and oxygen atoms in total. The van der Waals surface area contributed by atoms with Crippen molar-refractivity contribution in [2.24, 2.45) is 5.16 Å². The van der Waals surface area contributed by atoms with Crippen LogP contribution in [-0.4, -0.2) is 6.21 Å². The second-order valence-electron chi connectivity index (χ2n) is 4.24. The fraction of sp³-hybridized carbons (Fsp3) is 0.188. The van der Waals surface area contributed by atoms with Crippen LogP contribution in [0.1, 0.15) is 23.6 Å². The molecule has 0 fully saturated rings. The van der Waals surface area contributed by atoms with Crippen molar-refractivity contribution in [2.45, 2.75) is 20.0 Å². The summed E-state index contributed by atoms with van der Waals surface area (Å²) in [5, 5.41) is 3.62. The van der Waals surface area contributed by atoms with Crippen LogP contribution in [-0.2, 0) is 17.9 Å². The third-order valence-electron chi connectivity index (χ3n) is 2.85. The molecule has 0 saturated carbocycles. The molecule has 2 aromatic rings. The second kappa shape index (κ2) is 6.80. The average molecular weight is 274 g/mol. The summed E-state index contributed by atoms with van der Waals surface area (Å²) in [5.41, 5.74) is 2.11. The van der Waals surface area contributed by atoms with Gasteiger partial charge in [0.1, 0.15) is 12.8 Å². The Balaban J connectivity index is 1.91. The van der Waals surface area contributed by atoms with Gasteiger partial charge in [-0.1, -0.05) is 48.5 Å². The molecule has 103 valence electrons. The highest BCUT2D eigenvalue weighted by Gasteiger charge is 2.07. The molecule has 0 unspecified atom stereocenters. The number of benzene rings is 2. The van der Waals surface area contributed by atoms with Crippen LogP contribution in [0.3, 0.4) is 0 Å². The molecule has 0 amide bonds. The third kappa shape index (κ3) is 3.63. The topological polar surface area (TPSA) is 21.6 Å². The van der Waals surface area contributed by atoms with E-state index in [1.165, 1.54) is 17.7 Å². The van der Waals surface area contributed by atoms with Crippen molar-refractivity contribution >= 4 is 6.21 Å². The summed E-state index contributed by atoms with van der Waals surface area (Å²) in [7, 11) is 0. The number of hydrogen-bond acceptors (Lipinski definition) is 2. The molecule has 0 spiro atoms. The zero-order valence-corrected chi connectivity index (χ0v) is 11.1. The molecule has 0 N–H and O–H groups in total. The lowest BCUT2D eigenvalue weighted by Crippen LogP contribution is -1.95. The maximum atomic E-state index is 13.3. The monoisotopic (exact) mass is 274 g/mol. The van der Waals surface area contributed by atoms with E-state index in [4.69, 9.17) is 4.84 Å². The molecule has 2 aromatic carbocycles. The summed E-state index contributed by atoms with van der Waals surface area (Å²) in [4.78, 5) is 4.92. The van der Waals surface area contributed by atoms with Crippen molar-refractivity contribution in [3.05, 3.63) is 70.8 Å². The lowest BCUT2D eigenvalue weighted by molar-refractivity contribution is 0.129. The van der Waals surface area contributed by atoms with E-state index in [2.05, 4.69) is 18.3 Å². The first-order valence-corrected chi connectivity index (χ1v) is 6.30. The number of nitrogens with zero attached hydrogens (tertiary/aromatic N) is 1. The predicted molar refractivity (Wildman–Crippen MR) is 73.5 cm³/mol. The summed E-state index contributed by atoms with van der Waals surface area (Å²) in [6.07, 6.45) is 3.65. The lowest BCUT2D eigenvalue weighted by atomic mass is 10.1. The molecule has 2 rings (SSSR count). The van der Waals surface area contributed by atoms with E-state index in [9.17, 15) is 8.78 Å². The van der Waals surface area contributed by atoms with Gasteiger partial charge in [0, 0.05) is 11.1 Å². The van der Waals surface area contributed by atoms with E-state index in [1.807, 2.05) is 24.3 Å². The molecule has 0 aliphatic carbocycles. The SMILES string of the molecule is CCc1ccc(/[C]=N\OCc2cccc(F)c2F)cc1. The fourth-order valence-corrected chi connectivity index (χ4v) is 1.66. The van der Waals surface area contributed by atoms with Gasteiger partial charge in [-0.05, 0) is 18.1 Å². The van der Waals surface area contributed by atoms with Crippen molar-refractivity contribution in [1.82, 2.24) is 0 Å². The number of hydrogen-bond donors (Lipinski definition) is 0. The first kappa shape index (κ1) is 14.2. The van der Waals surface area contributed by atoms with Crippen molar-refractivity contribution < 1.29 is 13.6 Å². The third-order valence-corrected chi connectivity index (χ3v) is 2.85. The van der Waals surface area contributed by atoms with Gasteiger partial charge in [0.05, 0.1) is 0 Å². The Labute approximate surface area is 116 Å². The number of aryl methyl sites for hydroxylation is 1. The van der Waals surface area contributed by atoms with E-state index >= 15 is 0 Å². The van der Waals surface area contributed by atoms with Gasteiger partial charge in [-0.15, -0.1) is 0 Å². The molecule has 0 bridgehead atoms. The van der Waals surface area contributed by atoms with Gasteiger partial charge >= 0.3 is 0 Å². The largest absolute Gasteiger partial charge is 0.390 e. The molecule has 20 heavy (non-hydrogen) atoms. The maximum Gasteiger partial charge on any atom is 0.165 e. The normalized spacial score (nSPS) is 10.9. The van der Waals surface area contributed by atoms with Crippen LogP contribution in [0.5, 0.6) is 0 Å². The Kier molecular flexibility index (Phi) is 4.82.